The molecule has 1 N–H and O–H groups in total. The second kappa shape index (κ2) is 6.23. The molecule has 1 saturated carbocycles. The number of nitrogens with zero attached hydrogens (tertiary/aromatic N) is 2. The van der Waals surface area contributed by atoms with Crippen LogP contribution in [0, 0.1) is 5.92 Å². The highest BCUT2D eigenvalue weighted by atomic mass is 16.4. The average Bonchev–Trinajstić information content (AvgIpc) is 3.18. The van der Waals surface area contributed by atoms with Crippen LogP contribution in [-0.2, 0) is 12.1 Å². The molecule has 0 radical (unpaired) electrons. The number of hydrogen-bond acceptors (Lipinski definition) is 4. The van der Waals surface area contributed by atoms with Crippen LogP contribution in [0.2, 0.25) is 0 Å². The molecule has 0 amide bonds. The number of rotatable bonds is 5. The minimum absolute atomic E-state index is 0.167. The maximum Gasteiger partial charge on any atom is 0.231 e. The summed E-state index contributed by atoms with van der Waals surface area (Å²) in [7, 11) is 3.98. The van der Waals surface area contributed by atoms with Crippen LogP contribution in [0.4, 0.5) is 0 Å². The van der Waals surface area contributed by atoms with Crippen LogP contribution in [-0.4, -0.2) is 29.1 Å². The molecule has 1 heterocycles. The number of benzene rings is 1. The zero-order valence-corrected chi connectivity index (χ0v) is 13.3. The molecule has 118 valence electrons. The van der Waals surface area contributed by atoms with Crippen molar-refractivity contribution in [2.75, 3.05) is 14.1 Å². The topological polar surface area (TPSA) is 49.5 Å². The molecule has 0 bridgehead atoms. The van der Waals surface area contributed by atoms with Gasteiger partial charge in [-0.3, -0.25) is 0 Å². The van der Waals surface area contributed by atoms with E-state index in [-0.39, 0.29) is 5.92 Å². The van der Waals surface area contributed by atoms with Crippen molar-refractivity contribution in [3.05, 3.63) is 53.7 Å². The Hall–Kier alpha value is -1.65. The molecular weight excluding hydrogens is 276 g/mol. The first-order valence-electron chi connectivity index (χ1n) is 7.98. The van der Waals surface area contributed by atoms with Crippen molar-refractivity contribution in [3.63, 3.8) is 0 Å². The summed E-state index contributed by atoms with van der Waals surface area (Å²) >= 11 is 0. The summed E-state index contributed by atoms with van der Waals surface area (Å²) in [5.74, 6) is 1.38. The fourth-order valence-corrected chi connectivity index (χ4v) is 3.44. The molecule has 4 nitrogen and oxygen atoms in total. The van der Waals surface area contributed by atoms with Crippen LogP contribution < -0.4 is 0 Å². The van der Waals surface area contributed by atoms with Crippen LogP contribution in [0.3, 0.4) is 0 Å². The van der Waals surface area contributed by atoms with Gasteiger partial charge in [-0.15, -0.1) is 0 Å². The Morgan fingerprint density at radius 2 is 1.91 bits per heavy atom. The molecule has 4 heteroatoms. The van der Waals surface area contributed by atoms with Crippen LogP contribution in [0.15, 0.2) is 40.9 Å². The molecule has 0 spiro atoms. The van der Waals surface area contributed by atoms with E-state index in [1.807, 2.05) is 49.3 Å². The van der Waals surface area contributed by atoms with Gasteiger partial charge in [0.25, 0.3) is 0 Å². The van der Waals surface area contributed by atoms with E-state index in [1.165, 1.54) is 0 Å². The second-order valence-corrected chi connectivity index (χ2v) is 6.48. The number of aliphatic hydroxyl groups is 1. The third-order valence-electron chi connectivity index (χ3n) is 4.51. The number of hydrogen-bond donors (Lipinski definition) is 1. The quantitative estimate of drug-likeness (QED) is 0.921. The van der Waals surface area contributed by atoms with Crippen molar-refractivity contribution < 1.29 is 9.52 Å². The van der Waals surface area contributed by atoms with E-state index in [2.05, 4.69) is 4.98 Å². The number of oxazole rings is 1. The fraction of sp³-hybridized carbons (Fsp3) is 0.500. The highest BCUT2D eigenvalue weighted by molar-refractivity contribution is 5.30. The molecule has 1 aromatic carbocycles. The van der Waals surface area contributed by atoms with Crippen molar-refractivity contribution in [1.29, 1.82) is 0 Å². The van der Waals surface area contributed by atoms with Crippen molar-refractivity contribution in [3.8, 4) is 0 Å². The molecule has 22 heavy (non-hydrogen) atoms. The highest BCUT2D eigenvalue weighted by Gasteiger charge is 2.45. The molecule has 1 aromatic heterocycles. The molecule has 1 atom stereocenters. The molecule has 0 aliphatic heterocycles. The second-order valence-electron chi connectivity index (χ2n) is 6.48. The Morgan fingerprint density at radius 1 is 1.23 bits per heavy atom. The first-order chi connectivity index (χ1) is 10.6. The maximum absolute atomic E-state index is 11.5. The third-order valence-corrected chi connectivity index (χ3v) is 4.51. The van der Waals surface area contributed by atoms with Crippen molar-refractivity contribution in [1.82, 2.24) is 9.88 Å². The van der Waals surface area contributed by atoms with E-state index in [1.54, 1.807) is 6.20 Å². The smallest absolute Gasteiger partial charge is 0.231 e. The molecule has 1 fully saturated rings. The maximum atomic E-state index is 11.5. The lowest BCUT2D eigenvalue weighted by Gasteiger charge is -2.31. The lowest BCUT2D eigenvalue weighted by molar-refractivity contribution is -0.00717. The average molecular weight is 300 g/mol. The monoisotopic (exact) mass is 300 g/mol. The predicted molar refractivity (Wildman–Crippen MR) is 85.3 cm³/mol. The van der Waals surface area contributed by atoms with Gasteiger partial charge in [0.2, 0.25) is 5.89 Å². The van der Waals surface area contributed by atoms with Gasteiger partial charge in [0.15, 0.2) is 5.60 Å². The van der Waals surface area contributed by atoms with E-state index in [9.17, 15) is 5.11 Å². The van der Waals surface area contributed by atoms with Crippen LogP contribution in [0.5, 0.6) is 0 Å². The summed E-state index contributed by atoms with van der Waals surface area (Å²) < 4.78 is 5.92. The Labute approximate surface area is 131 Å². The Balaban J connectivity index is 2.00. The summed E-state index contributed by atoms with van der Waals surface area (Å²) in [6.07, 6.45) is 6.07. The van der Waals surface area contributed by atoms with Gasteiger partial charge in [-0.2, -0.15) is 0 Å². The summed E-state index contributed by atoms with van der Waals surface area (Å²) in [5, 5.41) is 11.5. The lowest BCUT2D eigenvalue weighted by Crippen LogP contribution is -2.35. The normalized spacial score (nSPS) is 18.7. The molecule has 0 saturated heterocycles. The van der Waals surface area contributed by atoms with Crippen molar-refractivity contribution in [2.45, 2.75) is 37.8 Å². The van der Waals surface area contributed by atoms with Crippen LogP contribution in [0.1, 0.15) is 42.9 Å². The molecule has 1 aliphatic rings. The SMILES string of the molecule is CN(C)Cc1cnc([C@@](O)(c2ccccc2)C2CCCC2)o1. The van der Waals surface area contributed by atoms with Gasteiger partial charge in [-0.25, -0.2) is 4.98 Å². The van der Waals surface area contributed by atoms with Crippen molar-refractivity contribution >= 4 is 0 Å². The molecule has 0 unspecified atom stereocenters. The molecule has 2 aromatic rings. The first-order valence-corrected chi connectivity index (χ1v) is 7.98. The summed E-state index contributed by atoms with van der Waals surface area (Å²) in [6, 6.07) is 9.81. The largest absolute Gasteiger partial charge is 0.441 e. The fourth-order valence-electron chi connectivity index (χ4n) is 3.44. The lowest BCUT2D eigenvalue weighted by atomic mass is 9.80. The Bertz CT molecular complexity index is 603. The summed E-state index contributed by atoms with van der Waals surface area (Å²) in [4.78, 5) is 6.45. The zero-order valence-electron chi connectivity index (χ0n) is 13.3. The van der Waals surface area contributed by atoms with Gasteiger partial charge in [0, 0.05) is 5.92 Å². The van der Waals surface area contributed by atoms with Gasteiger partial charge in [0.05, 0.1) is 12.7 Å². The van der Waals surface area contributed by atoms with E-state index in [0.717, 1.165) is 37.0 Å². The first kappa shape index (κ1) is 15.3. The zero-order chi connectivity index (χ0) is 15.6. The minimum Gasteiger partial charge on any atom is -0.441 e. The minimum atomic E-state index is -1.12. The third kappa shape index (κ3) is 2.81. The molecule has 3 rings (SSSR count). The highest BCUT2D eigenvalue weighted by Crippen LogP contribution is 2.44. The van der Waals surface area contributed by atoms with Gasteiger partial charge in [-0.1, -0.05) is 43.2 Å². The van der Waals surface area contributed by atoms with E-state index < -0.39 is 5.60 Å². The standard InChI is InChI=1S/C18H24N2O2/c1-20(2)13-16-12-19-17(22-16)18(21,15-10-6-7-11-15)14-8-4-3-5-9-14/h3-5,8-9,12,15,21H,6-7,10-11,13H2,1-2H3/t18-/m1/s1. The van der Waals surface area contributed by atoms with Crippen LogP contribution in [0.25, 0.3) is 0 Å². The van der Waals surface area contributed by atoms with E-state index in [0.29, 0.717) is 12.4 Å². The van der Waals surface area contributed by atoms with Gasteiger partial charge in [-0.05, 0) is 32.5 Å². The summed E-state index contributed by atoms with van der Waals surface area (Å²) in [6.45, 7) is 0.683. The van der Waals surface area contributed by atoms with Crippen LogP contribution >= 0.6 is 0 Å². The van der Waals surface area contributed by atoms with E-state index in [4.69, 9.17) is 4.42 Å². The van der Waals surface area contributed by atoms with Gasteiger partial charge in [0.1, 0.15) is 5.76 Å². The van der Waals surface area contributed by atoms with Crippen molar-refractivity contribution in [2.24, 2.45) is 5.92 Å². The van der Waals surface area contributed by atoms with Gasteiger partial charge >= 0.3 is 0 Å². The predicted octanol–water partition coefficient (Wildman–Crippen LogP) is 3.16. The van der Waals surface area contributed by atoms with E-state index >= 15 is 0 Å². The summed E-state index contributed by atoms with van der Waals surface area (Å²) in [5.41, 5.74) is -0.248. The number of aromatic nitrogens is 1. The molecule has 1 aliphatic carbocycles. The van der Waals surface area contributed by atoms with Gasteiger partial charge < -0.3 is 14.4 Å². The Morgan fingerprint density at radius 3 is 2.55 bits per heavy atom. The Kier molecular flexibility index (Phi) is 4.32. The molecular formula is C18H24N2O2.